The van der Waals surface area contributed by atoms with Crippen molar-refractivity contribution in [1.29, 1.82) is 0 Å². The molecule has 0 aromatic heterocycles. The molecule has 17 heavy (non-hydrogen) atoms. The van der Waals surface area contributed by atoms with Gasteiger partial charge in [0.25, 0.3) is 6.43 Å². The molecule has 0 saturated heterocycles. The summed E-state index contributed by atoms with van der Waals surface area (Å²) >= 11 is 0. The smallest absolute Gasteiger partial charge is 0.264 e. The summed E-state index contributed by atoms with van der Waals surface area (Å²) in [7, 11) is 0. The molecule has 0 bridgehead atoms. The summed E-state index contributed by atoms with van der Waals surface area (Å²) in [5.74, 6) is 0. The minimum absolute atomic E-state index is 0.0180. The number of anilines is 1. The van der Waals surface area contributed by atoms with Gasteiger partial charge in [0.05, 0.1) is 0 Å². The molecule has 1 nitrogen and oxygen atoms in total. The van der Waals surface area contributed by atoms with Crippen LogP contribution in [0.2, 0.25) is 0 Å². The average Bonchev–Trinajstić information content (AvgIpc) is 2.28. The Kier molecular flexibility index (Phi) is 3.09. The average molecular weight is 233 g/mol. The maximum Gasteiger partial charge on any atom is 0.264 e. The molecular formula is C14H13F2N. The molecule has 0 aliphatic rings. The second kappa shape index (κ2) is 4.53. The van der Waals surface area contributed by atoms with Crippen LogP contribution in [0.5, 0.6) is 0 Å². The van der Waals surface area contributed by atoms with E-state index in [0.29, 0.717) is 11.3 Å². The molecular weight excluding hydrogens is 220 g/mol. The van der Waals surface area contributed by atoms with Gasteiger partial charge in [0.15, 0.2) is 0 Å². The molecule has 0 spiro atoms. The van der Waals surface area contributed by atoms with E-state index in [0.717, 1.165) is 11.1 Å². The van der Waals surface area contributed by atoms with E-state index in [1.54, 1.807) is 12.1 Å². The quantitative estimate of drug-likeness (QED) is 0.773. The third-order valence-corrected chi connectivity index (χ3v) is 2.64. The van der Waals surface area contributed by atoms with E-state index < -0.39 is 6.43 Å². The van der Waals surface area contributed by atoms with Gasteiger partial charge in [-0.05, 0) is 30.2 Å². The number of halogens is 2. The number of hydrogen-bond donors (Lipinski definition) is 1. The number of rotatable bonds is 2. The molecule has 0 unspecified atom stereocenters. The summed E-state index contributed by atoms with van der Waals surface area (Å²) in [5, 5.41) is 0. The predicted molar refractivity (Wildman–Crippen MR) is 66.0 cm³/mol. The second-order valence-electron chi connectivity index (χ2n) is 4.02. The second-order valence-corrected chi connectivity index (χ2v) is 4.02. The van der Waals surface area contributed by atoms with E-state index in [1.165, 1.54) is 6.07 Å². The highest BCUT2D eigenvalue weighted by atomic mass is 19.3. The molecule has 0 amide bonds. The van der Waals surface area contributed by atoms with E-state index >= 15 is 0 Å². The van der Waals surface area contributed by atoms with Crippen LogP contribution in [0.15, 0.2) is 42.5 Å². The summed E-state index contributed by atoms with van der Waals surface area (Å²) in [6.45, 7) is 1.93. The van der Waals surface area contributed by atoms with Crippen LogP contribution in [0.4, 0.5) is 14.5 Å². The number of hydrogen-bond acceptors (Lipinski definition) is 1. The van der Waals surface area contributed by atoms with Crippen LogP contribution in [0.1, 0.15) is 17.6 Å². The molecule has 88 valence electrons. The van der Waals surface area contributed by atoms with Crippen molar-refractivity contribution in [1.82, 2.24) is 0 Å². The normalized spacial score (nSPS) is 10.8. The molecule has 0 atom stereocenters. The van der Waals surface area contributed by atoms with Crippen LogP contribution in [-0.2, 0) is 0 Å². The number of nitrogens with two attached hydrogens (primary N) is 1. The first-order valence-electron chi connectivity index (χ1n) is 5.32. The number of aryl methyl sites for hydroxylation is 1. The van der Waals surface area contributed by atoms with E-state index in [-0.39, 0.29) is 5.56 Å². The Hall–Kier alpha value is -1.90. The minimum atomic E-state index is -2.52. The van der Waals surface area contributed by atoms with E-state index in [1.807, 2.05) is 31.2 Å². The van der Waals surface area contributed by atoms with Gasteiger partial charge in [-0.15, -0.1) is 0 Å². The largest absolute Gasteiger partial charge is 0.399 e. The maximum absolute atomic E-state index is 12.9. The Labute approximate surface area is 98.9 Å². The highest BCUT2D eigenvalue weighted by Gasteiger charge is 2.14. The highest BCUT2D eigenvalue weighted by molar-refractivity contribution is 5.70. The Morgan fingerprint density at radius 1 is 1.06 bits per heavy atom. The van der Waals surface area contributed by atoms with Crippen molar-refractivity contribution >= 4 is 5.69 Å². The molecule has 0 radical (unpaired) electrons. The molecule has 3 heteroatoms. The van der Waals surface area contributed by atoms with Crippen molar-refractivity contribution in [2.45, 2.75) is 13.3 Å². The van der Waals surface area contributed by atoms with E-state index in [4.69, 9.17) is 5.73 Å². The van der Waals surface area contributed by atoms with Gasteiger partial charge in [-0.25, -0.2) is 8.78 Å². The van der Waals surface area contributed by atoms with E-state index in [2.05, 4.69) is 0 Å². The van der Waals surface area contributed by atoms with Crippen molar-refractivity contribution in [3.63, 3.8) is 0 Å². The molecule has 2 rings (SSSR count). The third kappa shape index (κ3) is 2.44. The fourth-order valence-electron chi connectivity index (χ4n) is 1.84. The molecule has 0 aliphatic carbocycles. The number of nitrogen functional groups attached to an aromatic ring is 1. The van der Waals surface area contributed by atoms with Crippen LogP contribution < -0.4 is 5.73 Å². The third-order valence-electron chi connectivity index (χ3n) is 2.64. The van der Waals surface area contributed by atoms with Crippen LogP contribution >= 0.6 is 0 Å². The minimum Gasteiger partial charge on any atom is -0.399 e. The lowest BCUT2D eigenvalue weighted by atomic mass is 9.98. The maximum atomic E-state index is 12.9. The van der Waals surface area contributed by atoms with E-state index in [9.17, 15) is 8.78 Å². The first kappa shape index (κ1) is 11.6. The Balaban J connectivity index is 2.59. The monoisotopic (exact) mass is 233 g/mol. The van der Waals surface area contributed by atoms with Gasteiger partial charge in [0.2, 0.25) is 0 Å². The molecule has 2 aromatic carbocycles. The molecule has 2 N–H and O–H groups in total. The lowest BCUT2D eigenvalue weighted by molar-refractivity contribution is 0.152. The van der Waals surface area contributed by atoms with Crippen molar-refractivity contribution in [2.24, 2.45) is 0 Å². The van der Waals surface area contributed by atoms with Crippen molar-refractivity contribution < 1.29 is 8.78 Å². The number of benzene rings is 2. The molecule has 0 fully saturated rings. The summed E-state index contributed by atoms with van der Waals surface area (Å²) in [6.07, 6.45) is -2.52. The lowest BCUT2D eigenvalue weighted by Crippen LogP contribution is -1.94. The summed E-state index contributed by atoms with van der Waals surface area (Å²) in [6, 6.07) is 12.1. The molecule has 2 aromatic rings. The topological polar surface area (TPSA) is 26.0 Å². The molecule has 0 saturated carbocycles. The van der Waals surface area contributed by atoms with Gasteiger partial charge in [-0.1, -0.05) is 35.9 Å². The van der Waals surface area contributed by atoms with Crippen LogP contribution in [0.3, 0.4) is 0 Å². The van der Waals surface area contributed by atoms with Gasteiger partial charge in [0.1, 0.15) is 0 Å². The first-order valence-corrected chi connectivity index (χ1v) is 5.32. The Morgan fingerprint density at radius 3 is 2.47 bits per heavy atom. The Morgan fingerprint density at radius 2 is 1.82 bits per heavy atom. The van der Waals surface area contributed by atoms with Crippen molar-refractivity contribution in [3.05, 3.63) is 53.6 Å². The van der Waals surface area contributed by atoms with Gasteiger partial charge >= 0.3 is 0 Å². The van der Waals surface area contributed by atoms with Crippen LogP contribution in [0, 0.1) is 6.92 Å². The lowest BCUT2D eigenvalue weighted by Gasteiger charge is -2.10. The highest BCUT2D eigenvalue weighted by Crippen LogP contribution is 2.32. The molecule has 0 aliphatic heterocycles. The summed E-state index contributed by atoms with van der Waals surface area (Å²) in [5.41, 5.74) is 8.25. The van der Waals surface area contributed by atoms with Crippen LogP contribution in [-0.4, -0.2) is 0 Å². The summed E-state index contributed by atoms with van der Waals surface area (Å²) in [4.78, 5) is 0. The number of alkyl halides is 2. The zero-order chi connectivity index (χ0) is 12.4. The zero-order valence-electron chi connectivity index (χ0n) is 9.45. The fraction of sp³-hybridized carbons (Fsp3) is 0.143. The molecule has 0 heterocycles. The fourth-order valence-corrected chi connectivity index (χ4v) is 1.84. The van der Waals surface area contributed by atoms with Crippen molar-refractivity contribution in [2.75, 3.05) is 5.73 Å². The zero-order valence-corrected chi connectivity index (χ0v) is 9.45. The summed E-state index contributed by atoms with van der Waals surface area (Å²) < 4.78 is 25.9. The first-order chi connectivity index (χ1) is 8.08. The van der Waals surface area contributed by atoms with Gasteiger partial charge < -0.3 is 5.73 Å². The SMILES string of the molecule is Cc1cccc(-c2ccc(N)cc2C(F)F)c1. The van der Waals surface area contributed by atoms with Gasteiger partial charge in [0, 0.05) is 11.3 Å². The van der Waals surface area contributed by atoms with Gasteiger partial charge in [-0.2, -0.15) is 0 Å². The Bertz CT molecular complexity index is 535. The standard InChI is InChI=1S/C14H13F2N/c1-9-3-2-4-10(7-9)12-6-5-11(17)8-13(12)14(15)16/h2-8,14H,17H2,1H3. The van der Waals surface area contributed by atoms with Crippen LogP contribution in [0.25, 0.3) is 11.1 Å². The predicted octanol–water partition coefficient (Wildman–Crippen LogP) is 4.18. The van der Waals surface area contributed by atoms with Gasteiger partial charge in [-0.3, -0.25) is 0 Å². The van der Waals surface area contributed by atoms with Crippen molar-refractivity contribution in [3.8, 4) is 11.1 Å².